The molecule has 45 heavy (non-hydrogen) atoms. The Labute approximate surface area is 268 Å². The summed E-state index contributed by atoms with van der Waals surface area (Å²) in [5.41, 5.74) is 3.65. The molecule has 3 aromatic carbocycles. The zero-order valence-electron chi connectivity index (χ0n) is 26.3. The van der Waals surface area contributed by atoms with E-state index in [9.17, 15) is 19.5 Å². The topological polar surface area (TPSA) is 129 Å². The van der Waals surface area contributed by atoms with E-state index in [2.05, 4.69) is 16.0 Å². The normalized spacial score (nSPS) is 16.8. The lowest BCUT2D eigenvalue weighted by molar-refractivity contribution is -0.147. The van der Waals surface area contributed by atoms with E-state index >= 15 is 0 Å². The lowest BCUT2D eigenvalue weighted by Crippen LogP contribution is -2.59. The fourth-order valence-electron chi connectivity index (χ4n) is 5.34. The van der Waals surface area contributed by atoms with Crippen LogP contribution in [-0.2, 0) is 29.1 Å². The van der Waals surface area contributed by atoms with Crippen LogP contribution >= 0.6 is 11.8 Å². The monoisotopic (exact) mass is 634 g/mol. The van der Waals surface area contributed by atoms with Crippen LogP contribution in [0.5, 0.6) is 11.5 Å². The molecule has 1 heterocycles. The number of nitrogens with zero attached hydrogens (tertiary/aromatic N) is 1. The van der Waals surface area contributed by atoms with Gasteiger partial charge in [0.2, 0.25) is 5.91 Å². The van der Waals surface area contributed by atoms with Crippen LogP contribution in [0.15, 0.2) is 72.8 Å². The summed E-state index contributed by atoms with van der Waals surface area (Å²) in [6.07, 6.45) is -1.40. The van der Waals surface area contributed by atoms with Crippen molar-refractivity contribution in [2.24, 2.45) is 0 Å². The number of aryl methyl sites for hydroxylation is 1. The highest BCUT2D eigenvalue weighted by atomic mass is 32.2. The molecule has 4 rings (SSSR count). The van der Waals surface area contributed by atoms with Gasteiger partial charge in [-0.25, -0.2) is 4.79 Å². The molecule has 0 radical (unpaired) electrons. The second-order valence-electron chi connectivity index (χ2n) is 11.5. The third kappa shape index (κ3) is 8.49. The van der Waals surface area contributed by atoms with Crippen molar-refractivity contribution in [3.63, 3.8) is 0 Å². The minimum atomic E-state index is -1.60. The van der Waals surface area contributed by atoms with Gasteiger partial charge in [0, 0.05) is 17.8 Å². The van der Waals surface area contributed by atoms with Crippen LogP contribution in [0.2, 0.25) is 0 Å². The number of ether oxygens (including phenoxy) is 2. The second-order valence-corrected chi connectivity index (χ2v) is 13.1. The van der Waals surface area contributed by atoms with Gasteiger partial charge < -0.3 is 35.4 Å². The van der Waals surface area contributed by atoms with Crippen molar-refractivity contribution in [2.45, 2.75) is 63.2 Å². The zero-order chi connectivity index (χ0) is 32.6. The van der Waals surface area contributed by atoms with E-state index in [1.165, 1.54) is 23.8 Å². The predicted molar refractivity (Wildman–Crippen MR) is 175 cm³/mol. The number of hydrogen-bond donors (Lipinski definition) is 4. The Bertz CT molecular complexity index is 1480. The maximum atomic E-state index is 13.9. The van der Waals surface area contributed by atoms with Crippen LogP contribution in [0, 0.1) is 6.92 Å². The summed E-state index contributed by atoms with van der Waals surface area (Å²) in [4.78, 5) is 41.9. The third-order valence-corrected chi connectivity index (χ3v) is 9.32. The van der Waals surface area contributed by atoms with Gasteiger partial charge in [-0.15, -0.1) is 11.8 Å². The molecule has 0 bridgehead atoms. The molecule has 0 spiro atoms. The first-order valence-corrected chi connectivity index (χ1v) is 15.8. The molecule has 4 N–H and O–H groups in total. The van der Waals surface area contributed by atoms with Gasteiger partial charge in [-0.05, 0) is 61.6 Å². The zero-order valence-corrected chi connectivity index (χ0v) is 27.1. The molecule has 2 unspecified atom stereocenters. The molecule has 1 aliphatic heterocycles. The molecule has 3 atom stereocenters. The van der Waals surface area contributed by atoms with E-state index in [1.54, 1.807) is 25.3 Å². The third-order valence-electron chi connectivity index (χ3n) is 7.94. The van der Waals surface area contributed by atoms with Gasteiger partial charge in [-0.1, -0.05) is 60.7 Å². The average molecular weight is 635 g/mol. The van der Waals surface area contributed by atoms with E-state index in [0.29, 0.717) is 18.0 Å². The van der Waals surface area contributed by atoms with Crippen molar-refractivity contribution in [2.75, 3.05) is 20.1 Å². The minimum absolute atomic E-state index is 0.175. The maximum Gasteiger partial charge on any atom is 0.315 e. The highest BCUT2D eigenvalue weighted by molar-refractivity contribution is 8.00. The summed E-state index contributed by atoms with van der Waals surface area (Å²) < 4.78 is 10.0. The molecule has 0 aliphatic carbocycles. The SMILES string of the molecule is COc1ccc(CNC(=O)NC(Cc2ccccc2)C(O)C(=O)N2CSC(C)(C)[C@H]2C(=O)NCc2ccccc2C)cc1OC. The number of hydrogen-bond acceptors (Lipinski definition) is 7. The summed E-state index contributed by atoms with van der Waals surface area (Å²) >= 11 is 1.47. The van der Waals surface area contributed by atoms with Gasteiger partial charge in [0.15, 0.2) is 17.6 Å². The van der Waals surface area contributed by atoms with E-state index in [4.69, 9.17) is 9.47 Å². The number of aliphatic hydroxyl groups excluding tert-OH is 1. The van der Waals surface area contributed by atoms with Gasteiger partial charge in [-0.3, -0.25) is 9.59 Å². The highest BCUT2D eigenvalue weighted by Crippen LogP contribution is 2.40. The Kier molecular flexibility index (Phi) is 11.4. The van der Waals surface area contributed by atoms with Crippen molar-refractivity contribution in [3.8, 4) is 11.5 Å². The fraction of sp³-hybridized carbons (Fsp3) is 0.382. The maximum absolute atomic E-state index is 13.9. The number of methoxy groups -OCH3 is 2. The summed E-state index contributed by atoms with van der Waals surface area (Å²) in [6.45, 7) is 6.31. The molecular formula is C34H42N4O6S. The Morgan fingerprint density at radius 1 is 0.933 bits per heavy atom. The first-order chi connectivity index (χ1) is 21.5. The molecule has 0 aromatic heterocycles. The summed E-state index contributed by atoms with van der Waals surface area (Å²) in [7, 11) is 3.08. The van der Waals surface area contributed by atoms with Crippen LogP contribution in [0.25, 0.3) is 0 Å². The van der Waals surface area contributed by atoms with Gasteiger partial charge in [-0.2, -0.15) is 0 Å². The summed E-state index contributed by atoms with van der Waals surface area (Å²) in [5, 5.41) is 20.0. The van der Waals surface area contributed by atoms with Gasteiger partial charge in [0.1, 0.15) is 6.04 Å². The quantitative estimate of drug-likeness (QED) is 0.239. The van der Waals surface area contributed by atoms with Crippen LogP contribution in [0.3, 0.4) is 0 Å². The molecule has 1 fully saturated rings. The standard InChI is InChI=1S/C34H42N4O6S/c1-22-11-9-10-14-25(22)20-35-31(40)30-34(2,3)45-21-38(30)32(41)29(39)26(17-23-12-7-6-8-13-23)37-33(42)36-19-24-15-16-27(43-4)28(18-24)44-5/h6-16,18,26,29-30,39H,17,19-21H2,1-5H3,(H,35,40)(H2,36,37,42)/t26?,29?,30-/m1/s1. The lowest BCUT2D eigenvalue weighted by Gasteiger charge is -2.33. The number of carbonyl (C=O) groups excluding carboxylic acids is 3. The van der Waals surface area contributed by atoms with Crippen LogP contribution in [0.4, 0.5) is 4.79 Å². The number of benzene rings is 3. The van der Waals surface area contributed by atoms with Crippen LogP contribution in [0.1, 0.15) is 36.1 Å². The molecule has 0 saturated carbocycles. The second kappa shape index (κ2) is 15.2. The first kappa shape index (κ1) is 33.7. The lowest BCUT2D eigenvalue weighted by atomic mass is 9.97. The van der Waals surface area contributed by atoms with Crippen LogP contribution in [-0.4, -0.2) is 70.9 Å². The number of nitrogens with one attached hydrogen (secondary N) is 3. The number of rotatable bonds is 12. The number of thioether (sulfide) groups is 1. The summed E-state index contributed by atoms with van der Waals surface area (Å²) in [6, 6.07) is 20.1. The largest absolute Gasteiger partial charge is 0.493 e. The van der Waals surface area contributed by atoms with Crippen molar-refractivity contribution in [1.82, 2.24) is 20.9 Å². The van der Waals surface area contributed by atoms with E-state index in [1.807, 2.05) is 75.4 Å². The van der Waals surface area contributed by atoms with Gasteiger partial charge in [0.25, 0.3) is 5.91 Å². The van der Waals surface area contributed by atoms with Gasteiger partial charge in [0.05, 0.1) is 26.1 Å². The Hall–Kier alpha value is -4.22. The molecule has 1 saturated heterocycles. The average Bonchev–Trinajstić information content (AvgIpc) is 3.37. The minimum Gasteiger partial charge on any atom is -0.493 e. The van der Waals surface area contributed by atoms with E-state index in [-0.39, 0.29) is 24.7 Å². The van der Waals surface area contributed by atoms with Crippen LogP contribution < -0.4 is 25.4 Å². The molecule has 10 nitrogen and oxygen atoms in total. The first-order valence-electron chi connectivity index (χ1n) is 14.8. The Morgan fingerprint density at radius 3 is 2.31 bits per heavy atom. The molecule has 4 amide bonds. The molecule has 1 aliphatic rings. The summed E-state index contributed by atoms with van der Waals surface area (Å²) in [5.74, 6) is 0.415. The Morgan fingerprint density at radius 2 is 1.62 bits per heavy atom. The molecule has 240 valence electrons. The molecular weight excluding hydrogens is 592 g/mol. The number of carbonyl (C=O) groups is 3. The number of amides is 4. The highest BCUT2D eigenvalue weighted by Gasteiger charge is 2.49. The van der Waals surface area contributed by atoms with Crippen molar-refractivity contribution >= 4 is 29.6 Å². The van der Waals surface area contributed by atoms with Gasteiger partial charge >= 0.3 is 6.03 Å². The van der Waals surface area contributed by atoms with E-state index < -0.39 is 34.9 Å². The number of aliphatic hydroxyl groups is 1. The Balaban J connectivity index is 1.48. The smallest absolute Gasteiger partial charge is 0.315 e. The molecule has 3 aromatic rings. The van der Waals surface area contributed by atoms with E-state index in [0.717, 1.165) is 22.3 Å². The van der Waals surface area contributed by atoms with Crippen molar-refractivity contribution in [3.05, 3.63) is 95.1 Å². The number of urea groups is 1. The molecule has 11 heteroatoms. The fourth-order valence-corrected chi connectivity index (χ4v) is 6.48. The predicted octanol–water partition coefficient (Wildman–Crippen LogP) is 3.78. The van der Waals surface area contributed by atoms with Crippen molar-refractivity contribution < 1.29 is 29.0 Å². The van der Waals surface area contributed by atoms with Crippen molar-refractivity contribution in [1.29, 1.82) is 0 Å².